The molecule has 0 atom stereocenters. The maximum absolute atomic E-state index is 14.1. The van der Waals surface area contributed by atoms with Crippen molar-refractivity contribution in [2.75, 3.05) is 6.54 Å². The summed E-state index contributed by atoms with van der Waals surface area (Å²) in [4.78, 5) is 24.3. The Morgan fingerprint density at radius 1 is 1.12 bits per heavy atom. The van der Waals surface area contributed by atoms with Gasteiger partial charge >= 0.3 is 0 Å². The van der Waals surface area contributed by atoms with Crippen molar-refractivity contribution in [1.82, 2.24) is 5.32 Å². The molecular formula is C21H30FNO2. The zero-order valence-corrected chi connectivity index (χ0v) is 15.8. The molecule has 0 spiro atoms. The molecule has 3 nitrogen and oxygen atoms in total. The Morgan fingerprint density at radius 2 is 1.76 bits per heavy atom. The highest BCUT2D eigenvalue weighted by Gasteiger charge is 2.27. The number of hydrogen-bond donors (Lipinski definition) is 1. The van der Waals surface area contributed by atoms with E-state index in [1.807, 2.05) is 33.8 Å². The minimum Gasteiger partial charge on any atom is -0.352 e. The van der Waals surface area contributed by atoms with E-state index >= 15 is 0 Å². The summed E-state index contributed by atoms with van der Waals surface area (Å²) < 4.78 is 14.1. The van der Waals surface area contributed by atoms with E-state index in [4.69, 9.17) is 0 Å². The lowest BCUT2D eigenvalue weighted by Crippen LogP contribution is -2.33. The number of hydrogen-bond acceptors (Lipinski definition) is 2. The van der Waals surface area contributed by atoms with Gasteiger partial charge in [0.25, 0.3) is 5.91 Å². The quantitative estimate of drug-likeness (QED) is 0.810. The SMILES string of the molecule is CC(C)C(=O)C1CCC(CNC(=O)c2ccc(C(C)C)cc2F)CC1. The second kappa shape index (κ2) is 8.59. The molecule has 0 aliphatic heterocycles. The van der Waals surface area contributed by atoms with Gasteiger partial charge in [-0.3, -0.25) is 9.59 Å². The molecular weight excluding hydrogens is 317 g/mol. The number of Topliss-reactive ketones (excluding diaryl/α,β-unsaturated/α-hetero) is 1. The fourth-order valence-corrected chi connectivity index (χ4v) is 3.53. The third-order valence-electron chi connectivity index (χ3n) is 5.27. The number of nitrogens with one attached hydrogen (secondary N) is 1. The lowest BCUT2D eigenvalue weighted by molar-refractivity contribution is -0.127. The van der Waals surface area contributed by atoms with Gasteiger partial charge in [-0.05, 0) is 55.2 Å². The molecule has 1 aliphatic carbocycles. The van der Waals surface area contributed by atoms with Gasteiger partial charge in [0, 0.05) is 18.4 Å². The summed E-state index contributed by atoms with van der Waals surface area (Å²) in [5.74, 6) is 0.414. The molecule has 0 radical (unpaired) electrons. The summed E-state index contributed by atoms with van der Waals surface area (Å²) in [6.45, 7) is 8.44. The summed E-state index contributed by atoms with van der Waals surface area (Å²) in [6, 6.07) is 4.83. The number of carbonyl (C=O) groups is 2. The first-order valence-corrected chi connectivity index (χ1v) is 9.41. The third-order valence-corrected chi connectivity index (χ3v) is 5.27. The predicted octanol–water partition coefficient (Wildman–Crippen LogP) is 4.71. The molecule has 0 unspecified atom stereocenters. The predicted molar refractivity (Wildman–Crippen MR) is 98.1 cm³/mol. The van der Waals surface area contributed by atoms with E-state index in [-0.39, 0.29) is 29.2 Å². The number of amides is 1. The van der Waals surface area contributed by atoms with Crippen molar-refractivity contribution in [2.45, 2.75) is 59.3 Å². The van der Waals surface area contributed by atoms with Crippen LogP contribution in [-0.4, -0.2) is 18.2 Å². The first kappa shape index (κ1) is 19.6. The van der Waals surface area contributed by atoms with E-state index in [1.54, 1.807) is 6.07 Å². The van der Waals surface area contributed by atoms with Crippen LogP contribution in [0.2, 0.25) is 0 Å². The molecule has 0 aromatic heterocycles. The van der Waals surface area contributed by atoms with Gasteiger partial charge in [0.1, 0.15) is 11.6 Å². The van der Waals surface area contributed by atoms with Gasteiger partial charge in [0.15, 0.2) is 0 Å². The summed E-state index contributed by atoms with van der Waals surface area (Å²) >= 11 is 0. The molecule has 1 N–H and O–H groups in total. The van der Waals surface area contributed by atoms with Crippen LogP contribution in [0.1, 0.15) is 75.2 Å². The number of carbonyl (C=O) groups excluding carboxylic acids is 2. The van der Waals surface area contributed by atoms with E-state index < -0.39 is 5.82 Å². The average Bonchev–Trinajstić information content (AvgIpc) is 2.59. The highest BCUT2D eigenvalue weighted by atomic mass is 19.1. The van der Waals surface area contributed by atoms with Crippen LogP contribution in [0.15, 0.2) is 18.2 Å². The van der Waals surface area contributed by atoms with E-state index in [1.165, 1.54) is 6.07 Å². The highest BCUT2D eigenvalue weighted by molar-refractivity contribution is 5.94. The molecule has 4 heteroatoms. The van der Waals surface area contributed by atoms with Crippen molar-refractivity contribution in [2.24, 2.45) is 17.8 Å². The van der Waals surface area contributed by atoms with Gasteiger partial charge in [-0.25, -0.2) is 4.39 Å². The molecule has 1 saturated carbocycles. The van der Waals surface area contributed by atoms with Crippen LogP contribution >= 0.6 is 0 Å². The lowest BCUT2D eigenvalue weighted by atomic mass is 9.78. The van der Waals surface area contributed by atoms with Gasteiger partial charge in [-0.1, -0.05) is 33.8 Å². The maximum atomic E-state index is 14.1. The van der Waals surface area contributed by atoms with E-state index in [0.717, 1.165) is 31.2 Å². The summed E-state index contributed by atoms with van der Waals surface area (Å²) in [5, 5.41) is 2.86. The molecule has 0 saturated heterocycles. The van der Waals surface area contributed by atoms with Crippen LogP contribution in [0.5, 0.6) is 0 Å². The molecule has 1 amide bonds. The van der Waals surface area contributed by atoms with Gasteiger partial charge in [0.05, 0.1) is 5.56 Å². The van der Waals surface area contributed by atoms with Crippen molar-refractivity contribution < 1.29 is 14.0 Å². The van der Waals surface area contributed by atoms with Crippen LogP contribution in [0.25, 0.3) is 0 Å². The fourth-order valence-electron chi connectivity index (χ4n) is 3.53. The van der Waals surface area contributed by atoms with Crippen molar-refractivity contribution in [3.8, 4) is 0 Å². The topological polar surface area (TPSA) is 46.2 Å². The Bertz CT molecular complexity index is 616. The van der Waals surface area contributed by atoms with Crippen LogP contribution in [-0.2, 0) is 4.79 Å². The molecule has 2 rings (SSSR count). The van der Waals surface area contributed by atoms with Crippen molar-refractivity contribution in [3.05, 3.63) is 35.1 Å². The molecule has 0 heterocycles. The zero-order chi connectivity index (χ0) is 18.6. The molecule has 1 aromatic carbocycles. The standard InChI is InChI=1S/C21H30FNO2/c1-13(2)17-9-10-18(19(22)11-17)21(25)23-12-15-5-7-16(8-6-15)20(24)14(3)4/h9-11,13-16H,5-8,12H2,1-4H3,(H,23,25). The highest BCUT2D eigenvalue weighted by Crippen LogP contribution is 2.30. The maximum Gasteiger partial charge on any atom is 0.254 e. The van der Waals surface area contributed by atoms with Gasteiger partial charge in [0.2, 0.25) is 0 Å². The number of rotatable bonds is 6. The summed E-state index contributed by atoms with van der Waals surface area (Å²) in [6.07, 6.45) is 3.68. The van der Waals surface area contributed by atoms with Crippen LogP contribution in [0.4, 0.5) is 4.39 Å². The Kier molecular flexibility index (Phi) is 6.74. The smallest absolute Gasteiger partial charge is 0.254 e. The van der Waals surface area contributed by atoms with E-state index in [2.05, 4.69) is 5.32 Å². The molecule has 138 valence electrons. The van der Waals surface area contributed by atoms with E-state index in [0.29, 0.717) is 18.2 Å². The Hall–Kier alpha value is -1.71. The van der Waals surface area contributed by atoms with Crippen LogP contribution in [0, 0.1) is 23.6 Å². The van der Waals surface area contributed by atoms with Crippen LogP contribution < -0.4 is 5.32 Å². The lowest BCUT2D eigenvalue weighted by Gasteiger charge is -2.28. The Labute approximate surface area is 150 Å². The molecule has 1 aromatic rings. The van der Waals surface area contributed by atoms with Gasteiger partial charge in [-0.2, -0.15) is 0 Å². The van der Waals surface area contributed by atoms with Gasteiger partial charge < -0.3 is 5.32 Å². The zero-order valence-electron chi connectivity index (χ0n) is 15.8. The normalized spacial score (nSPS) is 20.8. The minimum absolute atomic E-state index is 0.0954. The number of halogens is 1. The van der Waals surface area contributed by atoms with E-state index in [9.17, 15) is 14.0 Å². The third kappa shape index (κ3) is 5.13. The first-order chi connectivity index (χ1) is 11.8. The Balaban J connectivity index is 1.84. The summed E-state index contributed by atoms with van der Waals surface area (Å²) in [7, 11) is 0. The molecule has 1 fully saturated rings. The molecule has 1 aliphatic rings. The second-order valence-electron chi connectivity index (χ2n) is 7.88. The Morgan fingerprint density at radius 3 is 2.28 bits per heavy atom. The monoisotopic (exact) mass is 347 g/mol. The largest absolute Gasteiger partial charge is 0.352 e. The first-order valence-electron chi connectivity index (χ1n) is 9.41. The van der Waals surface area contributed by atoms with Crippen LogP contribution in [0.3, 0.4) is 0 Å². The van der Waals surface area contributed by atoms with Crippen molar-refractivity contribution in [3.63, 3.8) is 0 Å². The summed E-state index contributed by atoms with van der Waals surface area (Å²) in [5.41, 5.74) is 0.996. The van der Waals surface area contributed by atoms with Crippen molar-refractivity contribution in [1.29, 1.82) is 0 Å². The van der Waals surface area contributed by atoms with Crippen molar-refractivity contribution >= 4 is 11.7 Å². The average molecular weight is 347 g/mol. The van der Waals surface area contributed by atoms with Gasteiger partial charge in [-0.15, -0.1) is 0 Å². The molecule has 25 heavy (non-hydrogen) atoms. The minimum atomic E-state index is -0.463. The second-order valence-corrected chi connectivity index (χ2v) is 7.88. The number of benzene rings is 1. The number of ketones is 1. The molecule has 0 bridgehead atoms. The fraction of sp³-hybridized carbons (Fsp3) is 0.619.